The molecule has 1 aliphatic rings. The summed E-state index contributed by atoms with van der Waals surface area (Å²) in [5.74, 6) is 0.908. The highest BCUT2D eigenvalue weighted by Gasteiger charge is 2.22. The summed E-state index contributed by atoms with van der Waals surface area (Å²) in [7, 11) is 1.43. The molecule has 4 aromatic carbocycles. The number of rotatable bonds is 11. The molecule has 0 amide bonds. The van der Waals surface area contributed by atoms with E-state index in [4.69, 9.17) is 4.74 Å². The Morgan fingerprint density at radius 1 is 0.702 bits per heavy atom. The molecule has 0 radical (unpaired) electrons. The summed E-state index contributed by atoms with van der Waals surface area (Å²) in [6.45, 7) is 2.15. The van der Waals surface area contributed by atoms with Crippen LogP contribution in [0.4, 0.5) is 0 Å². The molecule has 12 heteroatoms. The molecule has 2 aromatic heterocycles. The second-order valence-corrected chi connectivity index (χ2v) is 11.2. The highest BCUT2D eigenvalue weighted by Crippen LogP contribution is 2.32. The van der Waals surface area contributed by atoms with Crippen LogP contribution < -0.4 is 0 Å². The van der Waals surface area contributed by atoms with E-state index in [2.05, 4.69) is 118 Å². The Morgan fingerprint density at radius 2 is 1.21 bits per heavy atom. The lowest BCUT2D eigenvalue weighted by Crippen LogP contribution is -2.26. The van der Waals surface area contributed by atoms with Crippen LogP contribution in [0.3, 0.4) is 0 Å². The van der Waals surface area contributed by atoms with Crippen molar-refractivity contribution in [2.24, 2.45) is 0 Å². The van der Waals surface area contributed by atoms with Crippen LogP contribution in [0.2, 0.25) is 0 Å². The summed E-state index contributed by atoms with van der Waals surface area (Å²) in [4.78, 5) is 16.6. The third-order valence-corrected chi connectivity index (χ3v) is 8.22. The van der Waals surface area contributed by atoms with Gasteiger partial charge in [-0.25, -0.2) is 0 Å². The molecule has 0 aliphatic carbocycles. The predicted molar refractivity (Wildman–Crippen MR) is 175 cm³/mol. The zero-order chi connectivity index (χ0) is 32.0. The predicted octanol–water partition coefficient (Wildman–Crippen LogP) is 5.45. The Labute approximate surface area is 271 Å². The third kappa shape index (κ3) is 6.61. The average molecular weight is 625 g/mol. The minimum Gasteiger partial charge on any atom is -0.469 e. The minimum atomic E-state index is -0.217. The van der Waals surface area contributed by atoms with Gasteiger partial charge in [0, 0.05) is 36.1 Å². The number of hydrogen-bond donors (Lipinski definition) is 2. The molecule has 0 spiro atoms. The number of allylic oxidation sites excluding steroid dienone is 1. The van der Waals surface area contributed by atoms with Gasteiger partial charge in [-0.2, -0.15) is 10.4 Å². The van der Waals surface area contributed by atoms with E-state index in [0.717, 1.165) is 45.6 Å². The first kappa shape index (κ1) is 29.5. The maximum Gasteiger partial charge on any atom is 0.305 e. The second kappa shape index (κ2) is 13.4. The number of nitrogens with zero attached hydrogens (tertiary/aromatic N) is 8. The summed E-state index contributed by atoms with van der Waals surface area (Å²) in [5.41, 5.74) is 9.53. The van der Waals surface area contributed by atoms with E-state index in [1.165, 1.54) is 18.2 Å². The number of benzene rings is 4. The molecule has 0 bridgehead atoms. The van der Waals surface area contributed by atoms with Crippen LogP contribution in [0.5, 0.6) is 0 Å². The summed E-state index contributed by atoms with van der Waals surface area (Å²) in [6.07, 6.45) is 3.09. The number of ether oxygens (including phenoxy) is 1. The van der Waals surface area contributed by atoms with Crippen LogP contribution in [-0.4, -0.2) is 70.8 Å². The van der Waals surface area contributed by atoms with Crippen LogP contribution in [0, 0.1) is 0 Å². The Hall–Kier alpha value is -6.17. The van der Waals surface area contributed by atoms with E-state index in [1.807, 2.05) is 36.4 Å². The fourth-order valence-electron chi connectivity index (χ4n) is 5.89. The SMILES string of the molecule is COC(=O)CCC1=CN(Cc2ccc(-c3ccccc3-c3nn[nH]n3)cc2)CN1Cc1ccc(-c2ccccc2-c2nn[nH]n2)cc1. The van der Waals surface area contributed by atoms with Crippen LogP contribution in [0.25, 0.3) is 45.0 Å². The van der Waals surface area contributed by atoms with Crippen molar-refractivity contribution in [2.75, 3.05) is 13.8 Å². The zero-order valence-electron chi connectivity index (χ0n) is 25.7. The van der Waals surface area contributed by atoms with Crippen molar-refractivity contribution in [1.29, 1.82) is 0 Å². The van der Waals surface area contributed by atoms with Crippen LogP contribution >= 0.6 is 0 Å². The van der Waals surface area contributed by atoms with Gasteiger partial charge in [-0.1, -0.05) is 97.1 Å². The van der Waals surface area contributed by atoms with Crippen LogP contribution in [-0.2, 0) is 22.6 Å². The molecule has 0 saturated carbocycles. The quantitative estimate of drug-likeness (QED) is 0.179. The van der Waals surface area contributed by atoms with E-state index in [9.17, 15) is 4.79 Å². The van der Waals surface area contributed by atoms with E-state index in [-0.39, 0.29) is 5.97 Å². The standard InChI is InChI=1S/C35H32N10O2/c1-47-33(46)19-18-28-22-44(20-24-10-14-26(15-11-24)29-6-2-4-8-31(29)34-36-40-41-37-34)23-45(28)21-25-12-16-27(17-13-25)30-7-3-5-9-32(30)35-38-42-43-39-35/h2-17,22H,18-21,23H2,1H3,(H,36,37,40,41)(H,38,39,42,43). The lowest BCUT2D eigenvalue weighted by molar-refractivity contribution is -0.140. The topological polar surface area (TPSA) is 142 Å². The van der Waals surface area contributed by atoms with Gasteiger partial charge in [0.15, 0.2) is 0 Å². The highest BCUT2D eigenvalue weighted by atomic mass is 16.5. The first-order valence-electron chi connectivity index (χ1n) is 15.3. The van der Waals surface area contributed by atoms with Gasteiger partial charge in [0.25, 0.3) is 0 Å². The lowest BCUT2D eigenvalue weighted by atomic mass is 9.98. The van der Waals surface area contributed by atoms with E-state index in [1.54, 1.807) is 0 Å². The molecule has 2 N–H and O–H groups in total. The third-order valence-electron chi connectivity index (χ3n) is 8.22. The normalized spacial score (nSPS) is 12.7. The van der Waals surface area contributed by atoms with Gasteiger partial charge in [0.2, 0.25) is 11.6 Å². The summed E-state index contributed by atoms with van der Waals surface area (Å²) in [5, 5.41) is 29.2. The minimum absolute atomic E-state index is 0.217. The van der Waals surface area contributed by atoms with Crippen molar-refractivity contribution >= 4 is 5.97 Å². The van der Waals surface area contributed by atoms with Crippen molar-refractivity contribution in [3.05, 3.63) is 120 Å². The van der Waals surface area contributed by atoms with E-state index >= 15 is 0 Å². The van der Waals surface area contributed by atoms with Gasteiger partial charge in [0.1, 0.15) is 0 Å². The molecule has 7 rings (SSSR count). The first-order chi connectivity index (χ1) is 23.1. The van der Waals surface area contributed by atoms with Crippen molar-refractivity contribution in [3.8, 4) is 45.0 Å². The van der Waals surface area contributed by atoms with Crippen molar-refractivity contribution < 1.29 is 9.53 Å². The molecule has 0 unspecified atom stereocenters. The molecule has 234 valence electrons. The summed E-state index contributed by atoms with van der Waals surface area (Å²) < 4.78 is 4.93. The van der Waals surface area contributed by atoms with Gasteiger partial charge >= 0.3 is 5.97 Å². The maximum atomic E-state index is 12.0. The molecule has 0 atom stereocenters. The number of esters is 1. The number of H-pyrrole nitrogens is 2. The number of carbonyl (C=O) groups is 1. The van der Waals surface area contributed by atoms with Crippen molar-refractivity contribution in [1.82, 2.24) is 51.0 Å². The average Bonchev–Trinajstić information content (AvgIpc) is 3.92. The highest BCUT2D eigenvalue weighted by molar-refractivity contribution is 5.81. The molecule has 47 heavy (non-hydrogen) atoms. The number of carbonyl (C=O) groups excluding carboxylic acids is 1. The lowest BCUT2D eigenvalue weighted by Gasteiger charge is -2.24. The van der Waals surface area contributed by atoms with Crippen LogP contribution in [0.1, 0.15) is 24.0 Å². The molecule has 12 nitrogen and oxygen atoms in total. The number of aromatic amines is 2. The van der Waals surface area contributed by atoms with E-state index in [0.29, 0.717) is 37.7 Å². The Morgan fingerprint density at radius 3 is 1.70 bits per heavy atom. The molecular weight excluding hydrogens is 592 g/mol. The summed E-state index contributed by atoms with van der Waals surface area (Å²) in [6, 6.07) is 33.2. The number of tetrazole rings is 2. The van der Waals surface area contributed by atoms with Gasteiger partial charge in [-0.15, -0.1) is 20.4 Å². The number of methoxy groups -OCH3 is 1. The Balaban J connectivity index is 1.06. The first-order valence-corrected chi connectivity index (χ1v) is 15.3. The fraction of sp³-hybridized carbons (Fsp3) is 0.171. The zero-order valence-corrected chi connectivity index (χ0v) is 25.7. The van der Waals surface area contributed by atoms with Crippen molar-refractivity contribution in [3.63, 3.8) is 0 Å². The number of aromatic nitrogens is 8. The molecule has 3 heterocycles. The summed E-state index contributed by atoms with van der Waals surface area (Å²) >= 11 is 0. The molecule has 0 fully saturated rings. The van der Waals surface area contributed by atoms with Gasteiger partial charge in [0.05, 0.1) is 20.2 Å². The molecule has 0 saturated heterocycles. The smallest absolute Gasteiger partial charge is 0.305 e. The Bertz CT molecular complexity index is 1970. The number of hydrogen-bond acceptors (Lipinski definition) is 10. The Kier molecular flexibility index (Phi) is 8.45. The molecular formula is C35H32N10O2. The molecule has 1 aliphatic heterocycles. The van der Waals surface area contributed by atoms with Crippen LogP contribution in [0.15, 0.2) is 109 Å². The molecule has 6 aromatic rings. The second-order valence-electron chi connectivity index (χ2n) is 11.2. The van der Waals surface area contributed by atoms with Gasteiger partial charge < -0.3 is 14.5 Å². The monoisotopic (exact) mass is 624 g/mol. The van der Waals surface area contributed by atoms with Crippen molar-refractivity contribution in [2.45, 2.75) is 25.9 Å². The maximum absolute atomic E-state index is 12.0. The van der Waals surface area contributed by atoms with Gasteiger partial charge in [-0.3, -0.25) is 4.79 Å². The fourth-order valence-corrected chi connectivity index (χ4v) is 5.89. The van der Waals surface area contributed by atoms with Gasteiger partial charge in [-0.05, 0) is 50.2 Å². The number of nitrogens with one attached hydrogen (secondary N) is 2. The van der Waals surface area contributed by atoms with E-state index < -0.39 is 0 Å². The largest absolute Gasteiger partial charge is 0.469 e.